The largest absolute Gasteiger partial charge is 0.492 e. The van der Waals surface area contributed by atoms with Crippen LogP contribution in [0.3, 0.4) is 0 Å². The van der Waals surface area contributed by atoms with Crippen LogP contribution in [0, 0.1) is 12.8 Å². The Hall–Kier alpha value is -1.06. The van der Waals surface area contributed by atoms with Gasteiger partial charge in [0.15, 0.2) is 5.96 Å². The Labute approximate surface area is 181 Å². The van der Waals surface area contributed by atoms with E-state index in [2.05, 4.69) is 46.1 Å². The van der Waals surface area contributed by atoms with Crippen LogP contribution in [0.5, 0.6) is 5.75 Å². The van der Waals surface area contributed by atoms with Gasteiger partial charge in [-0.1, -0.05) is 24.6 Å². The smallest absolute Gasteiger partial charge is 0.193 e. The third-order valence-corrected chi connectivity index (χ3v) is 4.57. The van der Waals surface area contributed by atoms with Gasteiger partial charge in [0, 0.05) is 40.3 Å². The molecule has 0 amide bonds. The summed E-state index contributed by atoms with van der Waals surface area (Å²) in [6, 6.07) is 8.15. The van der Waals surface area contributed by atoms with Crippen LogP contribution in [0.4, 0.5) is 0 Å². The molecule has 0 saturated carbocycles. The van der Waals surface area contributed by atoms with Crippen LogP contribution in [-0.2, 0) is 4.74 Å². The van der Waals surface area contributed by atoms with Gasteiger partial charge in [0.05, 0.1) is 19.8 Å². The average molecular weight is 490 g/mol. The molecule has 1 fully saturated rings. The average Bonchev–Trinajstić information content (AvgIpc) is 2.64. The van der Waals surface area contributed by atoms with E-state index in [9.17, 15) is 0 Å². The quantitative estimate of drug-likeness (QED) is 0.345. The normalized spacial score (nSPS) is 16.4. The lowest BCUT2D eigenvalue weighted by Crippen LogP contribution is -2.45. The van der Waals surface area contributed by atoms with Gasteiger partial charge in [0.2, 0.25) is 0 Å². The van der Waals surface area contributed by atoms with E-state index in [1.165, 1.54) is 5.56 Å². The highest BCUT2D eigenvalue weighted by Crippen LogP contribution is 2.11. The summed E-state index contributed by atoms with van der Waals surface area (Å²) < 4.78 is 11.2. The summed E-state index contributed by atoms with van der Waals surface area (Å²) in [6.45, 7) is 11.5. The summed E-state index contributed by atoms with van der Waals surface area (Å²) >= 11 is 0. The molecule has 7 heteroatoms. The molecule has 1 heterocycles. The molecule has 1 saturated heterocycles. The minimum Gasteiger partial charge on any atom is -0.492 e. The monoisotopic (exact) mass is 490 g/mol. The van der Waals surface area contributed by atoms with Crippen LogP contribution in [-0.4, -0.2) is 82.4 Å². The zero-order valence-electron chi connectivity index (χ0n) is 17.1. The second-order valence-corrected chi connectivity index (χ2v) is 7.03. The first-order valence-electron chi connectivity index (χ1n) is 9.50. The third-order valence-electron chi connectivity index (χ3n) is 4.57. The van der Waals surface area contributed by atoms with E-state index in [0.717, 1.165) is 57.6 Å². The van der Waals surface area contributed by atoms with Gasteiger partial charge < -0.3 is 19.7 Å². The molecule has 0 aromatic heterocycles. The number of nitrogens with one attached hydrogen (secondary N) is 1. The molecule has 1 unspecified atom stereocenters. The van der Waals surface area contributed by atoms with Crippen molar-refractivity contribution >= 4 is 29.9 Å². The summed E-state index contributed by atoms with van der Waals surface area (Å²) in [4.78, 5) is 8.96. The predicted molar refractivity (Wildman–Crippen MR) is 123 cm³/mol. The van der Waals surface area contributed by atoms with Crippen LogP contribution in [0.15, 0.2) is 29.3 Å². The minimum atomic E-state index is 0. The van der Waals surface area contributed by atoms with E-state index in [-0.39, 0.29) is 24.0 Å². The number of benzene rings is 1. The van der Waals surface area contributed by atoms with Gasteiger partial charge in [-0.25, -0.2) is 0 Å². The van der Waals surface area contributed by atoms with Crippen molar-refractivity contribution in [3.63, 3.8) is 0 Å². The molecule has 0 aliphatic carbocycles. The number of hydrogen-bond acceptors (Lipinski definition) is 4. The zero-order chi connectivity index (χ0) is 18.8. The Morgan fingerprint density at radius 1 is 1.30 bits per heavy atom. The second-order valence-electron chi connectivity index (χ2n) is 7.03. The van der Waals surface area contributed by atoms with Crippen LogP contribution in [0.1, 0.15) is 12.5 Å². The van der Waals surface area contributed by atoms with E-state index >= 15 is 0 Å². The molecule has 1 aromatic rings. The van der Waals surface area contributed by atoms with Gasteiger partial charge in [0.25, 0.3) is 0 Å². The lowest BCUT2D eigenvalue weighted by molar-refractivity contribution is 0.0320. The van der Waals surface area contributed by atoms with Crippen LogP contribution >= 0.6 is 24.0 Å². The Morgan fingerprint density at radius 2 is 1.96 bits per heavy atom. The molecule has 2 rings (SSSR count). The van der Waals surface area contributed by atoms with Crippen molar-refractivity contribution in [2.45, 2.75) is 13.8 Å². The maximum Gasteiger partial charge on any atom is 0.193 e. The number of rotatable bonds is 8. The summed E-state index contributed by atoms with van der Waals surface area (Å²) in [6.07, 6.45) is 0. The molecule has 1 atom stereocenters. The maximum absolute atomic E-state index is 5.81. The number of halogens is 1. The van der Waals surface area contributed by atoms with Crippen LogP contribution in [0.25, 0.3) is 0 Å². The van der Waals surface area contributed by atoms with Gasteiger partial charge in [-0.05, 0) is 25.0 Å². The molecule has 1 N–H and O–H groups in total. The van der Waals surface area contributed by atoms with E-state index in [4.69, 9.17) is 9.47 Å². The van der Waals surface area contributed by atoms with Crippen molar-refractivity contribution < 1.29 is 9.47 Å². The van der Waals surface area contributed by atoms with Crippen molar-refractivity contribution in [2.24, 2.45) is 10.9 Å². The van der Waals surface area contributed by atoms with Crippen molar-refractivity contribution in [1.82, 2.24) is 15.1 Å². The highest BCUT2D eigenvalue weighted by molar-refractivity contribution is 14.0. The molecule has 0 radical (unpaired) electrons. The van der Waals surface area contributed by atoms with Gasteiger partial charge >= 0.3 is 0 Å². The first kappa shape index (κ1) is 24.0. The highest BCUT2D eigenvalue weighted by Gasteiger charge is 2.14. The first-order valence-corrected chi connectivity index (χ1v) is 9.50. The molecular weight excluding hydrogens is 455 g/mol. The summed E-state index contributed by atoms with van der Waals surface area (Å²) in [7, 11) is 3.87. The van der Waals surface area contributed by atoms with Gasteiger partial charge in [-0.15, -0.1) is 24.0 Å². The zero-order valence-corrected chi connectivity index (χ0v) is 19.4. The fraction of sp³-hybridized carbons (Fsp3) is 0.650. The number of hydrogen-bond donors (Lipinski definition) is 1. The van der Waals surface area contributed by atoms with Crippen LogP contribution in [0.2, 0.25) is 0 Å². The molecule has 1 aliphatic heterocycles. The number of nitrogens with zero attached hydrogens (tertiary/aromatic N) is 3. The maximum atomic E-state index is 5.81. The Balaban J connectivity index is 0.00000364. The Morgan fingerprint density at radius 3 is 2.59 bits per heavy atom. The lowest BCUT2D eigenvalue weighted by atomic mass is 10.1. The summed E-state index contributed by atoms with van der Waals surface area (Å²) in [5, 5.41) is 3.48. The van der Waals surface area contributed by atoms with E-state index in [0.29, 0.717) is 12.5 Å². The van der Waals surface area contributed by atoms with E-state index < -0.39 is 0 Å². The topological polar surface area (TPSA) is 49.3 Å². The molecule has 6 nitrogen and oxygen atoms in total. The minimum absolute atomic E-state index is 0. The molecular formula is C20H35IN4O2. The molecule has 27 heavy (non-hydrogen) atoms. The highest BCUT2D eigenvalue weighted by atomic mass is 127. The number of likely N-dealkylation sites (N-methyl/N-ethyl adjacent to an activating group) is 1. The number of morpholine rings is 1. The van der Waals surface area contributed by atoms with E-state index in [1.54, 1.807) is 0 Å². The van der Waals surface area contributed by atoms with Crippen molar-refractivity contribution in [2.75, 3.05) is 66.6 Å². The fourth-order valence-corrected chi connectivity index (χ4v) is 2.98. The first-order chi connectivity index (χ1) is 12.6. The summed E-state index contributed by atoms with van der Waals surface area (Å²) in [5.74, 6) is 2.37. The van der Waals surface area contributed by atoms with Gasteiger partial charge in [0.1, 0.15) is 12.4 Å². The predicted octanol–water partition coefficient (Wildman–Crippen LogP) is 2.47. The molecule has 1 aliphatic rings. The lowest BCUT2D eigenvalue weighted by Gasteiger charge is -2.30. The van der Waals surface area contributed by atoms with Crippen molar-refractivity contribution in [1.29, 1.82) is 0 Å². The van der Waals surface area contributed by atoms with Gasteiger partial charge in [-0.3, -0.25) is 9.89 Å². The standard InChI is InChI=1S/C20H34N4O2.HI/c1-17-5-7-19(8-6-17)26-14-9-23(4)20(21-3)22-15-18(2)16-24-10-12-25-13-11-24;/h5-8,18H,9-16H2,1-4H3,(H,21,22);1H. The third kappa shape index (κ3) is 9.12. The molecule has 0 spiro atoms. The van der Waals surface area contributed by atoms with E-state index in [1.807, 2.05) is 26.2 Å². The number of ether oxygens (including phenoxy) is 2. The number of aryl methyl sites for hydroxylation is 1. The molecule has 154 valence electrons. The van der Waals surface area contributed by atoms with Crippen molar-refractivity contribution in [3.8, 4) is 5.75 Å². The second kappa shape index (κ2) is 13.2. The molecule has 1 aromatic carbocycles. The Bertz CT molecular complexity index is 547. The fourth-order valence-electron chi connectivity index (χ4n) is 2.98. The molecule has 0 bridgehead atoms. The number of guanidine groups is 1. The SMILES string of the molecule is CN=C(NCC(C)CN1CCOCC1)N(C)CCOc1ccc(C)cc1.I. The summed E-state index contributed by atoms with van der Waals surface area (Å²) in [5.41, 5.74) is 1.24. The van der Waals surface area contributed by atoms with Gasteiger partial charge in [-0.2, -0.15) is 0 Å². The van der Waals surface area contributed by atoms with Crippen LogP contribution < -0.4 is 10.1 Å². The number of aliphatic imine (C=N–C) groups is 1. The Kier molecular flexibility index (Phi) is 11.7. The van der Waals surface area contributed by atoms with Crippen molar-refractivity contribution in [3.05, 3.63) is 29.8 Å².